The van der Waals surface area contributed by atoms with Crippen LogP contribution in [-0.2, 0) is 0 Å². The van der Waals surface area contributed by atoms with Crippen LogP contribution in [0, 0.1) is 0 Å². The number of nitrogens with zero attached hydrogens (tertiary/aromatic N) is 2. The standard InChI is InChI=1S/C10H13BrClN3/c11-8-5-13-9(14-6-8)15-10(7-12)3-1-2-4-10/h5-6H,1-4,7H2,(H,13,14,15). The molecule has 1 aromatic rings. The molecule has 1 aliphatic carbocycles. The minimum atomic E-state index is 0.00931. The van der Waals surface area contributed by atoms with Gasteiger partial charge in [-0.1, -0.05) is 12.8 Å². The van der Waals surface area contributed by atoms with Gasteiger partial charge in [0.05, 0.1) is 10.0 Å². The lowest BCUT2D eigenvalue weighted by Crippen LogP contribution is -2.37. The van der Waals surface area contributed by atoms with Gasteiger partial charge >= 0.3 is 0 Å². The van der Waals surface area contributed by atoms with Gasteiger partial charge in [-0.05, 0) is 28.8 Å². The molecule has 1 N–H and O–H groups in total. The summed E-state index contributed by atoms with van der Waals surface area (Å²) in [5, 5.41) is 3.36. The molecule has 0 aromatic carbocycles. The van der Waals surface area contributed by atoms with Crippen molar-refractivity contribution in [1.29, 1.82) is 0 Å². The number of rotatable bonds is 3. The molecule has 1 aliphatic rings. The maximum absolute atomic E-state index is 6.02. The van der Waals surface area contributed by atoms with Gasteiger partial charge in [0.25, 0.3) is 0 Å². The first-order chi connectivity index (χ1) is 7.24. The van der Waals surface area contributed by atoms with Gasteiger partial charge in [0.1, 0.15) is 0 Å². The molecule has 0 radical (unpaired) electrons. The predicted octanol–water partition coefficient (Wildman–Crippen LogP) is 3.20. The highest BCUT2D eigenvalue weighted by Gasteiger charge is 2.33. The van der Waals surface area contributed by atoms with Crippen molar-refractivity contribution in [2.45, 2.75) is 31.2 Å². The van der Waals surface area contributed by atoms with Gasteiger partial charge in [0, 0.05) is 18.3 Å². The maximum atomic E-state index is 6.02. The van der Waals surface area contributed by atoms with E-state index < -0.39 is 0 Å². The third-order valence-corrected chi connectivity index (χ3v) is 3.73. The molecule has 0 unspecified atom stereocenters. The quantitative estimate of drug-likeness (QED) is 0.869. The number of alkyl halides is 1. The molecule has 0 bridgehead atoms. The monoisotopic (exact) mass is 289 g/mol. The van der Waals surface area contributed by atoms with Crippen LogP contribution in [-0.4, -0.2) is 21.4 Å². The molecule has 3 nitrogen and oxygen atoms in total. The maximum Gasteiger partial charge on any atom is 0.223 e. The average molecular weight is 291 g/mol. The van der Waals surface area contributed by atoms with Crippen molar-refractivity contribution in [3.05, 3.63) is 16.9 Å². The molecule has 0 aliphatic heterocycles. The van der Waals surface area contributed by atoms with Crippen molar-refractivity contribution >= 4 is 33.5 Å². The lowest BCUT2D eigenvalue weighted by Gasteiger charge is -2.27. The summed E-state index contributed by atoms with van der Waals surface area (Å²) in [5.41, 5.74) is 0.00931. The van der Waals surface area contributed by atoms with Crippen LogP contribution in [0.5, 0.6) is 0 Å². The van der Waals surface area contributed by atoms with Crippen LogP contribution in [0.4, 0.5) is 5.95 Å². The van der Waals surface area contributed by atoms with Crippen molar-refractivity contribution in [2.75, 3.05) is 11.2 Å². The third-order valence-electron chi connectivity index (χ3n) is 2.81. The molecule has 5 heteroatoms. The zero-order chi connectivity index (χ0) is 10.7. The summed E-state index contributed by atoms with van der Waals surface area (Å²) in [5.74, 6) is 1.28. The highest BCUT2D eigenvalue weighted by Crippen LogP contribution is 2.33. The number of hydrogen-bond acceptors (Lipinski definition) is 3. The number of nitrogens with one attached hydrogen (secondary N) is 1. The molecule has 0 spiro atoms. The summed E-state index contributed by atoms with van der Waals surface area (Å²) >= 11 is 9.33. The van der Waals surface area contributed by atoms with Gasteiger partial charge in [-0.15, -0.1) is 11.6 Å². The Hall–Kier alpha value is -0.350. The second-order valence-electron chi connectivity index (χ2n) is 3.97. The molecule has 82 valence electrons. The molecule has 0 amide bonds. The zero-order valence-electron chi connectivity index (χ0n) is 8.34. The fourth-order valence-corrected chi connectivity index (χ4v) is 2.50. The van der Waals surface area contributed by atoms with Gasteiger partial charge in [0.2, 0.25) is 5.95 Å². The fraction of sp³-hybridized carbons (Fsp3) is 0.600. The van der Waals surface area contributed by atoms with E-state index in [2.05, 4.69) is 31.2 Å². The Bertz CT molecular complexity index is 322. The number of halogens is 2. The number of anilines is 1. The SMILES string of the molecule is ClCC1(Nc2ncc(Br)cn2)CCCC1. The van der Waals surface area contributed by atoms with Gasteiger partial charge in [-0.2, -0.15) is 0 Å². The molecule has 1 aromatic heterocycles. The molecule has 1 fully saturated rings. The van der Waals surface area contributed by atoms with E-state index in [4.69, 9.17) is 11.6 Å². The Morgan fingerprint density at radius 1 is 1.33 bits per heavy atom. The van der Waals surface area contributed by atoms with E-state index >= 15 is 0 Å². The summed E-state index contributed by atoms with van der Waals surface area (Å²) in [6.45, 7) is 0. The molecule has 1 heterocycles. The predicted molar refractivity (Wildman–Crippen MR) is 65.3 cm³/mol. The van der Waals surface area contributed by atoms with Gasteiger partial charge in [0.15, 0.2) is 0 Å². The minimum Gasteiger partial charge on any atom is -0.348 e. The molecule has 15 heavy (non-hydrogen) atoms. The summed E-state index contributed by atoms with van der Waals surface area (Å²) in [6, 6.07) is 0. The second kappa shape index (κ2) is 4.66. The first-order valence-electron chi connectivity index (χ1n) is 5.06. The van der Waals surface area contributed by atoms with E-state index in [-0.39, 0.29) is 5.54 Å². The number of hydrogen-bond donors (Lipinski definition) is 1. The summed E-state index contributed by atoms with van der Waals surface area (Å²) < 4.78 is 0.888. The van der Waals surface area contributed by atoms with E-state index in [0.717, 1.165) is 17.3 Å². The Morgan fingerprint density at radius 2 is 1.93 bits per heavy atom. The van der Waals surface area contributed by atoms with Crippen molar-refractivity contribution in [1.82, 2.24) is 9.97 Å². The minimum absolute atomic E-state index is 0.00931. The van der Waals surface area contributed by atoms with Crippen LogP contribution in [0.3, 0.4) is 0 Å². The lowest BCUT2D eigenvalue weighted by atomic mass is 10.0. The largest absolute Gasteiger partial charge is 0.348 e. The van der Waals surface area contributed by atoms with Crippen LogP contribution in [0.2, 0.25) is 0 Å². The first kappa shape index (κ1) is 11.1. The van der Waals surface area contributed by atoms with E-state index in [1.54, 1.807) is 12.4 Å². The Labute approximate surface area is 103 Å². The smallest absolute Gasteiger partial charge is 0.223 e. The molecule has 0 saturated heterocycles. The third kappa shape index (κ3) is 2.61. The fourth-order valence-electron chi connectivity index (χ4n) is 1.96. The van der Waals surface area contributed by atoms with E-state index in [0.29, 0.717) is 11.8 Å². The summed E-state index contributed by atoms with van der Waals surface area (Å²) in [4.78, 5) is 8.41. The normalized spacial score (nSPS) is 19.1. The van der Waals surface area contributed by atoms with Crippen LogP contribution in [0.1, 0.15) is 25.7 Å². The van der Waals surface area contributed by atoms with E-state index in [1.165, 1.54) is 12.8 Å². The van der Waals surface area contributed by atoms with Crippen molar-refractivity contribution in [3.8, 4) is 0 Å². The van der Waals surface area contributed by atoms with Crippen molar-refractivity contribution in [2.24, 2.45) is 0 Å². The Morgan fingerprint density at radius 3 is 2.47 bits per heavy atom. The van der Waals surface area contributed by atoms with E-state index in [9.17, 15) is 0 Å². The Balaban J connectivity index is 2.09. The van der Waals surface area contributed by atoms with Crippen LogP contribution < -0.4 is 5.32 Å². The molecule has 0 atom stereocenters. The highest BCUT2D eigenvalue weighted by atomic mass is 79.9. The van der Waals surface area contributed by atoms with Crippen LogP contribution >= 0.6 is 27.5 Å². The lowest BCUT2D eigenvalue weighted by molar-refractivity contribution is 0.534. The van der Waals surface area contributed by atoms with E-state index in [1.807, 2.05) is 0 Å². The molecular formula is C10H13BrClN3. The molecule has 1 saturated carbocycles. The zero-order valence-corrected chi connectivity index (χ0v) is 10.7. The number of aromatic nitrogens is 2. The van der Waals surface area contributed by atoms with Crippen molar-refractivity contribution < 1.29 is 0 Å². The Kier molecular flexibility index (Phi) is 3.46. The summed E-state index contributed by atoms with van der Waals surface area (Å²) in [6.07, 6.45) is 8.16. The topological polar surface area (TPSA) is 37.8 Å². The van der Waals surface area contributed by atoms with Gasteiger partial charge < -0.3 is 5.32 Å². The highest BCUT2D eigenvalue weighted by molar-refractivity contribution is 9.10. The van der Waals surface area contributed by atoms with Gasteiger partial charge in [-0.25, -0.2) is 9.97 Å². The average Bonchev–Trinajstić information content (AvgIpc) is 2.71. The van der Waals surface area contributed by atoms with Crippen molar-refractivity contribution in [3.63, 3.8) is 0 Å². The summed E-state index contributed by atoms with van der Waals surface area (Å²) in [7, 11) is 0. The van der Waals surface area contributed by atoms with Crippen LogP contribution in [0.15, 0.2) is 16.9 Å². The molecule has 2 rings (SSSR count). The van der Waals surface area contributed by atoms with Crippen LogP contribution in [0.25, 0.3) is 0 Å². The molecular weight excluding hydrogens is 277 g/mol. The first-order valence-corrected chi connectivity index (χ1v) is 6.39. The second-order valence-corrected chi connectivity index (χ2v) is 5.15. The van der Waals surface area contributed by atoms with Gasteiger partial charge in [-0.3, -0.25) is 0 Å².